The molecule has 52 heavy (non-hydrogen) atoms. The summed E-state index contributed by atoms with van der Waals surface area (Å²) in [5.41, 5.74) is 18.4. The molecule has 7 aromatic rings. The molecule has 3 heterocycles. The molecule has 0 N–H and O–H groups in total. The first-order valence-corrected chi connectivity index (χ1v) is 21.2. The number of hydrogen-bond acceptors (Lipinski definition) is 1. The predicted octanol–water partition coefficient (Wildman–Crippen LogP) is 9.97. The van der Waals surface area contributed by atoms with Gasteiger partial charge >= 0.3 is 0 Å². The van der Waals surface area contributed by atoms with Crippen LogP contribution < -0.4 is 25.6 Å². The summed E-state index contributed by atoms with van der Waals surface area (Å²) in [5.74, 6) is 0. The van der Waals surface area contributed by atoms with E-state index < -0.39 is 8.07 Å². The summed E-state index contributed by atoms with van der Waals surface area (Å²) in [7, 11) is -2.70. The van der Waals surface area contributed by atoms with Crippen LogP contribution in [0.4, 0.5) is 17.1 Å². The fraction of sp³-hybridized carbons (Fsp3) is 0.160. The predicted molar refractivity (Wildman–Crippen MR) is 220 cm³/mol. The van der Waals surface area contributed by atoms with Crippen LogP contribution in [0.1, 0.15) is 61.8 Å². The standard InChI is InChI=1S/C50H39NSi/c1-49(2)39-18-6-3-15-33(39)37-31-48-38(30-42(37)49)35-17-5-12-24-46(35)52(48)45-23-11-4-16-34(45)36-26-25-32(29-47(36)52)51-43-21-9-7-19-40(43)50(27-13-14-28-50)41-20-8-10-22-44(41)51/h3-12,15-26,29-31H,13-14,27-28H2,1-2H3. The second-order valence-corrected chi connectivity index (χ2v) is 20.0. The molecule has 1 nitrogen and oxygen atoms in total. The topological polar surface area (TPSA) is 3.24 Å². The Labute approximate surface area is 307 Å². The third-order valence-corrected chi connectivity index (χ3v) is 18.7. The van der Waals surface area contributed by atoms with Crippen molar-refractivity contribution in [3.63, 3.8) is 0 Å². The maximum atomic E-state index is 2.65. The van der Waals surface area contributed by atoms with Crippen molar-refractivity contribution < 1.29 is 0 Å². The number of para-hydroxylation sites is 2. The highest BCUT2D eigenvalue weighted by Crippen LogP contribution is 2.58. The van der Waals surface area contributed by atoms with Crippen molar-refractivity contribution in [2.24, 2.45) is 0 Å². The number of hydrogen-bond donors (Lipinski definition) is 0. The second-order valence-electron chi connectivity index (χ2n) is 16.3. The van der Waals surface area contributed by atoms with E-state index in [4.69, 9.17) is 0 Å². The Morgan fingerprint density at radius 1 is 0.423 bits per heavy atom. The van der Waals surface area contributed by atoms with Gasteiger partial charge in [0.25, 0.3) is 0 Å². The molecule has 1 atom stereocenters. The summed E-state index contributed by atoms with van der Waals surface area (Å²) in [5, 5.41) is 6.14. The smallest absolute Gasteiger partial charge is 0.182 e. The lowest BCUT2D eigenvalue weighted by Gasteiger charge is -2.44. The molecule has 2 spiro atoms. The van der Waals surface area contributed by atoms with E-state index in [1.165, 1.54) is 114 Å². The van der Waals surface area contributed by atoms with Crippen LogP contribution in [0.2, 0.25) is 0 Å². The van der Waals surface area contributed by atoms with Gasteiger partial charge in [-0.3, -0.25) is 0 Å². The fourth-order valence-electron chi connectivity index (χ4n) is 11.7. The summed E-state index contributed by atoms with van der Waals surface area (Å²) in [6, 6.07) is 59.3. The van der Waals surface area contributed by atoms with E-state index >= 15 is 0 Å². The quantitative estimate of drug-likeness (QED) is 0.156. The minimum atomic E-state index is -2.70. The number of rotatable bonds is 1. The van der Waals surface area contributed by atoms with Crippen molar-refractivity contribution in [3.8, 4) is 33.4 Å². The third kappa shape index (κ3) is 3.32. The van der Waals surface area contributed by atoms with Crippen molar-refractivity contribution in [1.29, 1.82) is 0 Å². The zero-order valence-corrected chi connectivity index (χ0v) is 30.7. The summed E-state index contributed by atoms with van der Waals surface area (Å²) in [6.07, 6.45) is 5.03. The van der Waals surface area contributed by atoms with Crippen LogP contribution in [0, 0.1) is 0 Å². The average Bonchev–Trinajstić information content (AvgIpc) is 3.92. The van der Waals surface area contributed by atoms with E-state index in [0.29, 0.717) is 0 Å². The number of anilines is 3. The lowest BCUT2D eigenvalue weighted by Crippen LogP contribution is -2.70. The van der Waals surface area contributed by atoms with Gasteiger partial charge in [0.2, 0.25) is 0 Å². The highest BCUT2D eigenvalue weighted by molar-refractivity contribution is 7.24. The van der Waals surface area contributed by atoms with Crippen LogP contribution in [0.5, 0.6) is 0 Å². The molecule has 0 saturated heterocycles. The van der Waals surface area contributed by atoms with Crippen LogP contribution in [-0.4, -0.2) is 8.07 Å². The van der Waals surface area contributed by atoms with Crippen molar-refractivity contribution in [2.75, 3.05) is 4.90 Å². The zero-order chi connectivity index (χ0) is 34.4. The highest BCUT2D eigenvalue weighted by atomic mass is 28.3. The van der Waals surface area contributed by atoms with Gasteiger partial charge < -0.3 is 4.90 Å². The van der Waals surface area contributed by atoms with Crippen molar-refractivity contribution >= 4 is 45.9 Å². The Morgan fingerprint density at radius 3 is 1.62 bits per heavy atom. The van der Waals surface area contributed by atoms with E-state index in [1.807, 2.05) is 0 Å². The van der Waals surface area contributed by atoms with Crippen molar-refractivity contribution in [1.82, 2.24) is 0 Å². The van der Waals surface area contributed by atoms with E-state index in [2.05, 4.69) is 170 Å². The monoisotopic (exact) mass is 681 g/mol. The van der Waals surface area contributed by atoms with E-state index in [-0.39, 0.29) is 10.8 Å². The van der Waals surface area contributed by atoms with E-state index in [0.717, 1.165) is 0 Å². The molecule has 0 radical (unpaired) electrons. The molecule has 12 rings (SSSR count). The first kappa shape index (κ1) is 29.2. The first-order chi connectivity index (χ1) is 25.5. The molecule has 0 amide bonds. The third-order valence-electron chi connectivity index (χ3n) is 13.8. The minimum Gasteiger partial charge on any atom is -0.310 e. The average molecular weight is 682 g/mol. The Bertz CT molecular complexity index is 2640. The van der Waals surface area contributed by atoms with Crippen LogP contribution in [0.15, 0.2) is 152 Å². The maximum Gasteiger partial charge on any atom is 0.182 e. The minimum absolute atomic E-state index is 0.0441. The molecule has 2 heteroatoms. The number of fused-ring (bicyclic) bond motifs is 17. The summed E-state index contributed by atoms with van der Waals surface area (Å²) >= 11 is 0. The first-order valence-electron chi connectivity index (χ1n) is 19.2. The van der Waals surface area contributed by atoms with Gasteiger partial charge in [-0.2, -0.15) is 0 Å². The second kappa shape index (κ2) is 9.91. The number of nitrogens with zero attached hydrogens (tertiary/aromatic N) is 1. The number of benzene rings is 7. The maximum absolute atomic E-state index is 2.70. The van der Waals surface area contributed by atoms with Gasteiger partial charge in [0, 0.05) is 16.5 Å². The van der Waals surface area contributed by atoms with Crippen LogP contribution in [0.3, 0.4) is 0 Å². The van der Waals surface area contributed by atoms with Crippen molar-refractivity contribution in [2.45, 2.75) is 50.4 Å². The lowest BCUT2D eigenvalue weighted by atomic mass is 9.69. The molecule has 3 aliphatic heterocycles. The van der Waals surface area contributed by atoms with Crippen LogP contribution in [-0.2, 0) is 10.8 Å². The van der Waals surface area contributed by atoms with Crippen molar-refractivity contribution in [3.05, 3.63) is 174 Å². The molecule has 0 bridgehead atoms. The lowest BCUT2D eigenvalue weighted by molar-refractivity contribution is 0.530. The Hall–Kier alpha value is -5.44. The zero-order valence-electron chi connectivity index (χ0n) is 29.7. The molecule has 248 valence electrons. The molecule has 7 aromatic carbocycles. The van der Waals surface area contributed by atoms with Gasteiger partial charge in [0.05, 0.1) is 11.4 Å². The van der Waals surface area contributed by atoms with Gasteiger partial charge in [0.15, 0.2) is 8.07 Å². The summed E-state index contributed by atoms with van der Waals surface area (Å²) < 4.78 is 0. The van der Waals surface area contributed by atoms with E-state index in [1.54, 1.807) is 5.19 Å². The summed E-state index contributed by atoms with van der Waals surface area (Å²) in [4.78, 5) is 2.60. The summed E-state index contributed by atoms with van der Waals surface area (Å²) in [6.45, 7) is 4.82. The van der Waals surface area contributed by atoms with Gasteiger partial charge in [-0.1, -0.05) is 148 Å². The normalized spacial score (nSPS) is 19.8. The SMILES string of the molecule is CC1(C)c2ccccc2-c2cc3c(cc21)-c1ccccc1[Si]31c2ccccc2-c2ccc(N3c4ccccc4C4(CCCC4)c4ccccc43)cc21. The highest BCUT2D eigenvalue weighted by Gasteiger charge is 2.55. The molecule has 1 fully saturated rings. The largest absolute Gasteiger partial charge is 0.310 e. The molecule has 0 aromatic heterocycles. The fourth-order valence-corrected chi connectivity index (χ4v) is 17.3. The Kier molecular flexibility index (Phi) is 5.56. The van der Waals surface area contributed by atoms with Crippen LogP contribution in [0.25, 0.3) is 33.4 Å². The molecule has 5 aliphatic rings. The van der Waals surface area contributed by atoms with Gasteiger partial charge in [-0.15, -0.1) is 0 Å². The Balaban J connectivity index is 1.16. The van der Waals surface area contributed by atoms with E-state index in [9.17, 15) is 0 Å². The Morgan fingerprint density at radius 2 is 0.942 bits per heavy atom. The molecule has 1 saturated carbocycles. The van der Waals surface area contributed by atoms with Gasteiger partial charge in [0.1, 0.15) is 0 Å². The molecule has 1 unspecified atom stereocenters. The molecular formula is C50H39NSi. The molecular weight excluding hydrogens is 643 g/mol. The van der Waals surface area contributed by atoms with Gasteiger partial charge in [-0.25, -0.2) is 0 Å². The molecule has 2 aliphatic carbocycles. The van der Waals surface area contributed by atoms with Gasteiger partial charge in [-0.05, 0) is 120 Å². The van der Waals surface area contributed by atoms with Crippen LogP contribution >= 0.6 is 0 Å².